The minimum Gasteiger partial charge on any atom is -0.399 e. The summed E-state index contributed by atoms with van der Waals surface area (Å²) >= 11 is 3.56. The van der Waals surface area contributed by atoms with Crippen molar-refractivity contribution in [3.05, 3.63) is 272 Å². The SMILES string of the molecule is Brc1ccc2c(c1)c1ccncc1n2-c1ccccc1.C.CC1(C)OB(c2ccc3c(c2)c2ccncc2n3-c2ccccc2)OC1(C)C.F.c1ccc(-n2c3ccc(-c4ccc5c(c4)c4ccncc4n5-c4ccccc4)cc3c3ccncc32)cc1. The monoisotopic (exact) mass is 1210 g/mol. The van der Waals surface area contributed by atoms with Crippen LogP contribution >= 0.6 is 15.9 Å². The second-order valence-corrected chi connectivity index (χ2v) is 23.7. The minimum absolute atomic E-state index is 0. The predicted octanol–water partition coefficient (Wildman–Crippen LogP) is 18.5. The summed E-state index contributed by atoms with van der Waals surface area (Å²) in [6.45, 7) is 8.33. The van der Waals surface area contributed by atoms with Gasteiger partial charge in [0.2, 0.25) is 0 Å². The van der Waals surface area contributed by atoms with Gasteiger partial charge in [-0.05, 0) is 166 Å². The number of rotatable bonds is 6. The Bertz CT molecular complexity index is 5050. The van der Waals surface area contributed by atoms with E-state index in [1.165, 1.54) is 70.8 Å². The highest BCUT2D eigenvalue weighted by molar-refractivity contribution is 9.10. The van der Waals surface area contributed by atoms with E-state index in [0.717, 1.165) is 60.3 Å². The maximum atomic E-state index is 6.26. The maximum absolute atomic E-state index is 6.26. The third-order valence-electron chi connectivity index (χ3n) is 17.2. The van der Waals surface area contributed by atoms with Gasteiger partial charge < -0.3 is 27.6 Å². The molecule has 9 heterocycles. The molecule has 17 rings (SSSR count). The lowest BCUT2D eigenvalue weighted by Gasteiger charge is -2.32. The highest BCUT2D eigenvalue weighted by atomic mass is 79.9. The first-order chi connectivity index (χ1) is 42.1. The summed E-state index contributed by atoms with van der Waals surface area (Å²) in [7, 11) is -0.369. The van der Waals surface area contributed by atoms with Crippen molar-refractivity contribution >= 4 is 116 Å². The van der Waals surface area contributed by atoms with E-state index in [9.17, 15) is 0 Å². The summed E-state index contributed by atoms with van der Waals surface area (Å²) in [4.78, 5) is 17.5. The summed E-state index contributed by atoms with van der Waals surface area (Å²) < 4.78 is 22.7. The molecule has 0 spiro atoms. The molecule has 1 fully saturated rings. The highest BCUT2D eigenvalue weighted by Gasteiger charge is 2.51. The molecule has 0 bridgehead atoms. The molecule has 8 aromatic carbocycles. The van der Waals surface area contributed by atoms with Gasteiger partial charge in [0.25, 0.3) is 0 Å². The van der Waals surface area contributed by atoms with E-state index >= 15 is 0 Å². The molecule has 13 heteroatoms. The molecule has 8 aromatic heterocycles. The number of pyridine rings is 4. The molecule has 1 aliphatic rings. The molecule has 10 nitrogen and oxygen atoms in total. The lowest BCUT2D eigenvalue weighted by atomic mass is 9.78. The van der Waals surface area contributed by atoms with Crippen LogP contribution in [-0.2, 0) is 9.31 Å². The number of halogens is 2. The number of fused-ring (bicyclic) bond motifs is 12. The Morgan fingerprint density at radius 2 is 0.625 bits per heavy atom. The molecule has 0 aliphatic carbocycles. The molecule has 1 aliphatic heterocycles. The maximum Gasteiger partial charge on any atom is 0.494 e. The van der Waals surface area contributed by atoms with Gasteiger partial charge in [0.15, 0.2) is 0 Å². The summed E-state index contributed by atoms with van der Waals surface area (Å²) in [5, 5.41) is 9.66. The molecule has 430 valence electrons. The molecule has 1 saturated heterocycles. The van der Waals surface area contributed by atoms with Crippen LogP contribution in [0.4, 0.5) is 4.70 Å². The number of nitrogens with zero attached hydrogens (tertiary/aromatic N) is 8. The third-order valence-corrected chi connectivity index (χ3v) is 17.7. The smallest absolute Gasteiger partial charge is 0.399 e. The van der Waals surface area contributed by atoms with Crippen LogP contribution in [0.15, 0.2) is 272 Å². The topological polar surface area (TPSA) is 89.7 Å². The third kappa shape index (κ3) is 9.77. The zero-order valence-electron chi connectivity index (χ0n) is 48.2. The summed E-state index contributed by atoms with van der Waals surface area (Å²) in [5.74, 6) is 0. The van der Waals surface area contributed by atoms with Crippen molar-refractivity contribution in [1.29, 1.82) is 0 Å². The van der Waals surface area contributed by atoms with E-state index in [0.29, 0.717) is 0 Å². The molecule has 0 atom stereocenters. The van der Waals surface area contributed by atoms with E-state index in [1.54, 1.807) is 0 Å². The first-order valence-corrected chi connectivity index (χ1v) is 29.6. The van der Waals surface area contributed by atoms with Gasteiger partial charge in [-0.25, -0.2) is 0 Å². The quantitative estimate of drug-likeness (QED) is 0.154. The number of hydrogen-bond acceptors (Lipinski definition) is 6. The lowest BCUT2D eigenvalue weighted by molar-refractivity contribution is 0.00578. The van der Waals surface area contributed by atoms with Crippen molar-refractivity contribution in [2.45, 2.75) is 46.3 Å². The van der Waals surface area contributed by atoms with Crippen LogP contribution < -0.4 is 5.46 Å². The Balaban J connectivity index is 0.000000127. The van der Waals surface area contributed by atoms with Gasteiger partial charge in [0.05, 0.1) is 80.1 Å². The fourth-order valence-corrected chi connectivity index (χ4v) is 12.7. The number of aromatic nitrogens is 8. The molecular formula is C75H61BBrFN8O2. The van der Waals surface area contributed by atoms with Crippen molar-refractivity contribution < 1.29 is 14.0 Å². The Kier molecular flexibility index (Phi) is 14.9. The zero-order valence-corrected chi connectivity index (χ0v) is 49.7. The van der Waals surface area contributed by atoms with Crippen LogP contribution in [0, 0.1) is 0 Å². The van der Waals surface area contributed by atoms with Gasteiger partial charge >= 0.3 is 7.12 Å². The Morgan fingerprint density at radius 3 is 0.966 bits per heavy atom. The fourth-order valence-electron chi connectivity index (χ4n) is 12.4. The molecule has 0 amide bonds. The fraction of sp³-hybridized carbons (Fsp3) is 0.0933. The average molecular weight is 1220 g/mol. The molecule has 16 aromatic rings. The first-order valence-electron chi connectivity index (χ1n) is 28.8. The van der Waals surface area contributed by atoms with E-state index in [-0.39, 0.29) is 30.5 Å². The lowest BCUT2D eigenvalue weighted by Crippen LogP contribution is -2.41. The average Bonchev–Trinajstić information content (AvgIpc) is 1.73. The Morgan fingerprint density at radius 1 is 0.330 bits per heavy atom. The van der Waals surface area contributed by atoms with Gasteiger partial charge in [-0.2, -0.15) is 0 Å². The second-order valence-electron chi connectivity index (χ2n) is 22.7. The van der Waals surface area contributed by atoms with Crippen LogP contribution in [0.25, 0.3) is 121 Å². The first kappa shape index (κ1) is 57.1. The largest absolute Gasteiger partial charge is 0.494 e. The van der Waals surface area contributed by atoms with Crippen LogP contribution in [0.1, 0.15) is 35.1 Å². The van der Waals surface area contributed by atoms with Crippen molar-refractivity contribution in [2.75, 3.05) is 0 Å². The second kappa shape index (κ2) is 23.0. The Hall–Kier alpha value is -10.0. The van der Waals surface area contributed by atoms with Gasteiger partial charge in [-0.1, -0.05) is 120 Å². The van der Waals surface area contributed by atoms with Gasteiger partial charge in [-0.3, -0.25) is 24.6 Å². The molecule has 0 unspecified atom stereocenters. The Labute approximate surface area is 517 Å². The van der Waals surface area contributed by atoms with Crippen LogP contribution in [0.2, 0.25) is 0 Å². The highest BCUT2D eigenvalue weighted by Crippen LogP contribution is 2.40. The standard InChI is InChI=1S/C34H22N4.C23H23BN2O2.C17H11BrN2.CH4.FH/c1-3-7-25(8-4-1)37-31-13-11-23(19-29(31)27-15-17-35-21-33(27)37)24-12-14-32-30(20-24)28-16-18-36-22-34(28)38(32)26-9-5-2-6-10-26;1-22(2)23(3,4)28-24(27-22)16-10-11-20-19(14-16)18-12-13-25-15-21(18)26(20)17-8-6-5-7-9-17;18-12-6-7-16-15(10-12)14-8-9-19-11-17(14)20(16)13-4-2-1-3-5-13;;/h1-22H;5-15H,1-4H3;1-11H;1H4;1H. The summed E-state index contributed by atoms with van der Waals surface area (Å²) in [6, 6.07) is 76.5. The van der Waals surface area contributed by atoms with E-state index in [4.69, 9.17) is 9.31 Å². The van der Waals surface area contributed by atoms with Crippen molar-refractivity contribution in [1.82, 2.24) is 38.2 Å². The summed E-state index contributed by atoms with van der Waals surface area (Å²) in [5.41, 5.74) is 16.4. The van der Waals surface area contributed by atoms with Crippen molar-refractivity contribution in [3.63, 3.8) is 0 Å². The molecule has 88 heavy (non-hydrogen) atoms. The van der Waals surface area contributed by atoms with Crippen LogP contribution in [0.5, 0.6) is 0 Å². The van der Waals surface area contributed by atoms with E-state index in [2.05, 4.69) is 288 Å². The predicted molar refractivity (Wildman–Crippen MR) is 366 cm³/mol. The van der Waals surface area contributed by atoms with E-state index < -0.39 is 0 Å². The zero-order chi connectivity index (χ0) is 58.1. The molecule has 0 saturated carbocycles. The van der Waals surface area contributed by atoms with E-state index in [1.807, 2.05) is 61.7 Å². The van der Waals surface area contributed by atoms with Crippen molar-refractivity contribution in [2.24, 2.45) is 0 Å². The number of para-hydroxylation sites is 4. The normalized spacial score (nSPS) is 13.4. The molecular weight excluding hydrogens is 1150 g/mol. The summed E-state index contributed by atoms with van der Waals surface area (Å²) in [6.07, 6.45) is 15.2. The van der Waals surface area contributed by atoms with Gasteiger partial charge in [0, 0.05) is 95.1 Å². The van der Waals surface area contributed by atoms with Gasteiger partial charge in [-0.15, -0.1) is 0 Å². The van der Waals surface area contributed by atoms with Gasteiger partial charge in [0.1, 0.15) is 0 Å². The number of benzene rings is 8. The van der Waals surface area contributed by atoms with Crippen molar-refractivity contribution in [3.8, 4) is 33.9 Å². The minimum atomic E-state index is -0.369. The molecule has 0 N–H and O–H groups in total. The van der Waals surface area contributed by atoms with Crippen LogP contribution in [-0.4, -0.2) is 56.5 Å². The van der Waals surface area contributed by atoms with Crippen LogP contribution in [0.3, 0.4) is 0 Å². The molecule has 0 radical (unpaired) electrons. The number of hydrogen-bond donors (Lipinski definition) is 0.